The fourth-order valence-electron chi connectivity index (χ4n) is 3.89. The van der Waals surface area contributed by atoms with E-state index in [4.69, 9.17) is 4.42 Å². The van der Waals surface area contributed by atoms with E-state index in [1.54, 1.807) is 12.1 Å². The second kappa shape index (κ2) is 5.49. The van der Waals surface area contributed by atoms with Crippen molar-refractivity contribution in [3.63, 3.8) is 0 Å². The molecule has 5 heteroatoms. The Balaban J connectivity index is 1.78. The minimum absolute atomic E-state index is 0.0437. The van der Waals surface area contributed by atoms with Crippen molar-refractivity contribution in [3.8, 4) is 0 Å². The average Bonchev–Trinajstić information content (AvgIpc) is 3.08. The second-order valence-electron chi connectivity index (χ2n) is 6.57. The molecule has 0 radical (unpaired) electrons. The maximum absolute atomic E-state index is 13.0. The van der Waals surface area contributed by atoms with Crippen LogP contribution in [0, 0.1) is 6.92 Å². The van der Waals surface area contributed by atoms with Gasteiger partial charge >= 0.3 is 0 Å². The van der Waals surface area contributed by atoms with Crippen molar-refractivity contribution in [2.75, 3.05) is 25.0 Å². The lowest BCUT2D eigenvalue weighted by Crippen LogP contribution is -2.47. The molecule has 0 bridgehead atoms. The normalized spacial score (nSPS) is 23.7. The van der Waals surface area contributed by atoms with Crippen molar-refractivity contribution < 1.29 is 9.21 Å². The molecule has 0 N–H and O–H groups in total. The minimum Gasteiger partial charge on any atom is -0.444 e. The van der Waals surface area contributed by atoms with Gasteiger partial charge in [-0.05, 0) is 66.6 Å². The summed E-state index contributed by atoms with van der Waals surface area (Å²) in [5, 5.41) is 0. The third kappa shape index (κ3) is 2.42. The quantitative estimate of drug-likeness (QED) is 0.761. The van der Waals surface area contributed by atoms with Crippen molar-refractivity contribution in [2.24, 2.45) is 0 Å². The van der Waals surface area contributed by atoms with E-state index in [2.05, 4.69) is 53.0 Å². The van der Waals surface area contributed by atoms with Crippen LogP contribution in [0.2, 0.25) is 0 Å². The number of anilines is 1. The molecular weight excluding hydrogens is 356 g/mol. The molecule has 23 heavy (non-hydrogen) atoms. The van der Waals surface area contributed by atoms with Crippen LogP contribution < -0.4 is 4.90 Å². The van der Waals surface area contributed by atoms with Crippen molar-refractivity contribution in [1.29, 1.82) is 0 Å². The highest BCUT2D eigenvalue weighted by Gasteiger charge is 2.44. The highest BCUT2D eigenvalue weighted by atomic mass is 79.9. The number of rotatable bonds is 1. The zero-order chi connectivity index (χ0) is 16.1. The Morgan fingerprint density at radius 3 is 2.87 bits per heavy atom. The summed E-state index contributed by atoms with van der Waals surface area (Å²) < 4.78 is 6.10. The molecule has 1 amide bonds. The van der Waals surface area contributed by atoms with Crippen LogP contribution in [0.4, 0.5) is 5.69 Å². The highest BCUT2D eigenvalue weighted by Crippen LogP contribution is 2.45. The van der Waals surface area contributed by atoms with Crippen LogP contribution in [-0.2, 0) is 0 Å². The fraction of sp³-hybridized carbons (Fsp3) is 0.389. The largest absolute Gasteiger partial charge is 0.444 e. The molecule has 4 nitrogen and oxygen atoms in total. The summed E-state index contributed by atoms with van der Waals surface area (Å²) in [5.41, 5.74) is 3.57. The first kappa shape index (κ1) is 15.0. The van der Waals surface area contributed by atoms with E-state index in [-0.39, 0.29) is 11.9 Å². The summed E-state index contributed by atoms with van der Waals surface area (Å²) in [6, 6.07) is 10.1. The number of likely N-dealkylation sites (N-methyl/N-ethyl adjacent to an activating group) is 1. The number of amides is 1. The van der Waals surface area contributed by atoms with Crippen LogP contribution in [0.25, 0.3) is 0 Å². The first-order valence-electron chi connectivity index (χ1n) is 7.92. The van der Waals surface area contributed by atoms with Gasteiger partial charge in [-0.1, -0.05) is 17.7 Å². The molecule has 1 aromatic carbocycles. The number of benzene rings is 1. The Bertz CT molecular complexity index is 770. The van der Waals surface area contributed by atoms with Gasteiger partial charge < -0.3 is 14.2 Å². The number of nitrogens with zero attached hydrogens (tertiary/aromatic N) is 2. The van der Waals surface area contributed by atoms with Gasteiger partial charge in [0.15, 0.2) is 10.4 Å². The van der Waals surface area contributed by atoms with Gasteiger partial charge in [-0.25, -0.2) is 0 Å². The number of hydrogen-bond acceptors (Lipinski definition) is 3. The number of likely N-dealkylation sites (tertiary alicyclic amines) is 1. The molecule has 2 aliphatic heterocycles. The number of carbonyl (C=O) groups excluding carboxylic acids is 1. The standard InChI is InChI=1S/C18H19BrN2O2/c1-11-3-4-14-12(9-11)13-10-20(2)8-7-15(13)21(14)18(22)16-5-6-17(19)23-16/h3-6,9,13,15H,7-8,10H2,1-2H3/t13-,15-/m0/s1. The van der Waals surface area contributed by atoms with Gasteiger partial charge in [0.05, 0.1) is 0 Å². The second-order valence-corrected chi connectivity index (χ2v) is 7.35. The maximum Gasteiger partial charge on any atom is 0.294 e. The smallest absolute Gasteiger partial charge is 0.294 e. The molecule has 2 aromatic rings. The molecule has 1 fully saturated rings. The summed E-state index contributed by atoms with van der Waals surface area (Å²) in [6.07, 6.45) is 0.989. The number of aryl methyl sites for hydroxylation is 1. The Morgan fingerprint density at radius 2 is 2.13 bits per heavy atom. The molecular formula is C18H19BrN2O2. The molecule has 0 unspecified atom stereocenters. The summed E-state index contributed by atoms with van der Waals surface area (Å²) in [4.78, 5) is 17.4. The van der Waals surface area contributed by atoms with E-state index in [1.807, 2.05) is 4.90 Å². The Kier molecular flexibility index (Phi) is 3.58. The van der Waals surface area contributed by atoms with Gasteiger partial charge in [0.1, 0.15) is 0 Å². The first-order valence-corrected chi connectivity index (χ1v) is 8.72. The van der Waals surface area contributed by atoms with Gasteiger partial charge in [0, 0.05) is 24.2 Å². The fourth-order valence-corrected chi connectivity index (χ4v) is 4.20. The van der Waals surface area contributed by atoms with E-state index < -0.39 is 0 Å². The van der Waals surface area contributed by atoms with Crippen molar-refractivity contribution in [2.45, 2.75) is 25.3 Å². The van der Waals surface area contributed by atoms with E-state index >= 15 is 0 Å². The number of fused-ring (bicyclic) bond motifs is 3. The third-order valence-corrected chi connectivity index (χ3v) is 5.38. The van der Waals surface area contributed by atoms with E-state index in [0.29, 0.717) is 16.3 Å². The summed E-state index contributed by atoms with van der Waals surface area (Å²) in [7, 11) is 2.15. The Hall–Kier alpha value is -1.59. The van der Waals surface area contributed by atoms with Crippen molar-refractivity contribution in [1.82, 2.24) is 4.90 Å². The van der Waals surface area contributed by atoms with Crippen LogP contribution in [-0.4, -0.2) is 37.0 Å². The van der Waals surface area contributed by atoms with Crippen molar-refractivity contribution in [3.05, 3.63) is 51.9 Å². The molecule has 4 rings (SSSR count). The van der Waals surface area contributed by atoms with E-state index in [9.17, 15) is 4.79 Å². The van der Waals surface area contributed by atoms with Gasteiger partial charge in [-0.15, -0.1) is 0 Å². The molecule has 0 aliphatic carbocycles. The van der Waals surface area contributed by atoms with E-state index in [1.165, 1.54) is 11.1 Å². The molecule has 1 aromatic heterocycles. The van der Waals surface area contributed by atoms with Crippen LogP contribution >= 0.6 is 15.9 Å². The Morgan fingerprint density at radius 1 is 1.30 bits per heavy atom. The summed E-state index contributed by atoms with van der Waals surface area (Å²) in [5.74, 6) is 0.729. The van der Waals surface area contributed by atoms with Gasteiger partial charge in [-0.2, -0.15) is 0 Å². The van der Waals surface area contributed by atoms with Gasteiger partial charge in [0.2, 0.25) is 0 Å². The molecule has 0 spiro atoms. The number of halogens is 1. The predicted octanol–water partition coefficient (Wildman–Crippen LogP) is 3.80. The monoisotopic (exact) mass is 374 g/mol. The lowest BCUT2D eigenvalue weighted by atomic mass is 9.89. The first-order chi connectivity index (χ1) is 11.0. The zero-order valence-corrected chi connectivity index (χ0v) is 14.8. The molecule has 3 heterocycles. The third-order valence-electron chi connectivity index (χ3n) is 4.96. The molecule has 120 valence electrons. The van der Waals surface area contributed by atoms with E-state index in [0.717, 1.165) is 25.2 Å². The molecule has 0 saturated carbocycles. The molecule has 2 aliphatic rings. The molecule has 2 atom stereocenters. The van der Waals surface area contributed by atoms with Crippen LogP contribution in [0.15, 0.2) is 39.4 Å². The number of carbonyl (C=O) groups is 1. The van der Waals surface area contributed by atoms with Gasteiger partial charge in [0.25, 0.3) is 5.91 Å². The number of hydrogen-bond donors (Lipinski definition) is 0. The van der Waals surface area contributed by atoms with Gasteiger partial charge in [-0.3, -0.25) is 4.79 Å². The van der Waals surface area contributed by atoms with Crippen molar-refractivity contribution >= 4 is 27.5 Å². The zero-order valence-electron chi connectivity index (χ0n) is 13.3. The average molecular weight is 375 g/mol. The number of furan rings is 1. The predicted molar refractivity (Wildman–Crippen MR) is 93.0 cm³/mol. The Labute approximate surface area is 144 Å². The number of piperidine rings is 1. The van der Waals surface area contributed by atoms with Crippen LogP contribution in [0.3, 0.4) is 0 Å². The minimum atomic E-state index is -0.0437. The lowest BCUT2D eigenvalue weighted by molar-refractivity contribution is 0.0936. The highest BCUT2D eigenvalue weighted by molar-refractivity contribution is 9.10. The molecule has 1 saturated heterocycles. The summed E-state index contributed by atoms with van der Waals surface area (Å²) in [6.45, 7) is 4.11. The topological polar surface area (TPSA) is 36.7 Å². The van der Waals surface area contributed by atoms with Crippen LogP contribution in [0.5, 0.6) is 0 Å². The SMILES string of the molecule is Cc1ccc2c(c1)[C@@H]1CN(C)CC[C@@H]1N2C(=O)c1ccc(Br)o1. The summed E-state index contributed by atoms with van der Waals surface area (Å²) >= 11 is 3.28. The van der Waals surface area contributed by atoms with Crippen LogP contribution in [0.1, 0.15) is 34.0 Å². The lowest BCUT2D eigenvalue weighted by Gasteiger charge is -2.36. The maximum atomic E-state index is 13.0.